The summed E-state index contributed by atoms with van der Waals surface area (Å²) in [5.74, 6) is 5.23. The largest absolute Gasteiger partial charge is 0.497 e. The van der Waals surface area contributed by atoms with Crippen LogP contribution in [0.3, 0.4) is 0 Å². The summed E-state index contributed by atoms with van der Waals surface area (Å²) in [5, 5.41) is 2.39. The van der Waals surface area contributed by atoms with Crippen molar-refractivity contribution >= 4 is 17.8 Å². The van der Waals surface area contributed by atoms with Gasteiger partial charge in [0.1, 0.15) is 11.8 Å². The number of benzene rings is 2. The average Bonchev–Trinajstić information content (AvgIpc) is 3.40. The molecule has 0 N–H and O–H groups in total. The molecule has 0 aromatic heterocycles. The Morgan fingerprint density at radius 3 is 2.21 bits per heavy atom. The number of esters is 1. The summed E-state index contributed by atoms with van der Waals surface area (Å²) in [4.78, 5) is 37.9. The van der Waals surface area contributed by atoms with Gasteiger partial charge in [0.25, 0.3) is 11.8 Å². The minimum absolute atomic E-state index is 0.198. The Bertz CT molecular complexity index is 1020. The highest BCUT2D eigenvalue weighted by molar-refractivity contribution is 6.21. The number of hydrogen-bond acceptors (Lipinski definition) is 6. The van der Waals surface area contributed by atoms with Gasteiger partial charge in [-0.2, -0.15) is 10.0 Å². The topological polar surface area (TPSA) is 75.9 Å². The van der Waals surface area contributed by atoms with E-state index in [0.717, 1.165) is 10.6 Å². The van der Waals surface area contributed by atoms with E-state index < -0.39 is 29.9 Å². The third-order valence-corrected chi connectivity index (χ3v) is 4.77. The predicted octanol–water partition coefficient (Wildman–Crippen LogP) is 1.87. The minimum atomic E-state index is -0.803. The van der Waals surface area contributed by atoms with Crippen molar-refractivity contribution in [1.82, 2.24) is 10.0 Å². The van der Waals surface area contributed by atoms with Crippen molar-refractivity contribution in [3.05, 3.63) is 65.2 Å². The molecule has 1 saturated heterocycles. The summed E-state index contributed by atoms with van der Waals surface area (Å²) in [6, 6.07) is 12.3. The number of imide groups is 1. The first kappa shape index (κ1) is 18.7. The van der Waals surface area contributed by atoms with Crippen molar-refractivity contribution in [3.63, 3.8) is 0 Å². The molecule has 146 valence electrons. The SMILES string of the molecule is CCOC(=O)[C@H]1[C@@H](C#Cc2ccc(OC)cc2)N1N1C(=O)c2ccccc2C1=O. The predicted molar refractivity (Wildman–Crippen MR) is 103 cm³/mol. The zero-order valence-electron chi connectivity index (χ0n) is 15.9. The molecular formula is C22H18N2O5. The maximum Gasteiger partial charge on any atom is 0.328 e. The Morgan fingerprint density at radius 2 is 1.66 bits per heavy atom. The zero-order chi connectivity index (χ0) is 20.5. The smallest absolute Gasteiger partial charge is 0.328 e. The summed E-state index contributed by atoms with van der Waals surface area (Å²) < 4.78 is 10.2. The van der Waals surface area contributed by atoms with Gasteiger partial charge in [0.15, 0.2) is 6.04 Å². The molecule has 1 fully saturated rings. The van der Waals surface area contributed by atoms with Crippen molar-refractivity contribution in [2.75, 3.05) is 13.7 Å². The van der Waals surface area contributed by atoms with Gasteiger partial charge in [0.05, 0.1) is 24.8 Å². The first-order valence-corrected chi connectivity index (χ1v) is 9.15. The number of ether oxygens (including phenoxy) is 2. The van der Waals surface area contributed by atoms with Crippen molar-refractivity contribution in [2.45, 2.75) is 19.0 Å². The number of methoxy groups -OCH3 is 1. The van der Waals surface area contributed by atoms with Crippen molar-refractivity contribution in [1.29, 1.82) is 0 Å². The van der Waals surface area contributed by atoms with E-state index in [1.807, 2.05) is 0 Å². The summed E-state index contributed by atoms with van der Waals surface area (Å²) in [5.41, 5.74) is 1.35. The van der Waals surface area contributed by atoms with Crippen LogP contribution in [0, 0.1) is 11.8 Å². The highest BCUT2D eigenvalue weighted by atomic mass is 16.5. The molecule has 0 aliphatic carbocycles. The molecule has 4 rings (SSSR count). The fourth-order valence-corrected chi connectivity index (χ4v) is 3.30. The monoisotopic (exact) mass is 390 g/mol. The second-order valence-electron chi connectivity index (χ2n) is 6.49. The lowest BCUT2D eigenvalue weighted by Crippen LogP contribution is -2.38. The molecule has 2 aromatic rings. The van der Waals surface area contributed by atoms with Crippen molar-refractivity contribution in [3.8, 4) is 17.6 Å². The number of amides is 2. The van der Waals surface area contributed by atoms with Gasteiger partial charge < -0.3 is 9.47 Å². The Balaban J connectivity index is 1.61. The van der Waals surface area contributed by atoms with Crippen LogP contribution in [0.25, 0.3) is 0 Å². The van der Waals surface area contributed by atoms with Crippen LogP contribution in [-0.4, -0.2) is 53.6 Å². The quantitative estimate of drug-likeness (QED) is 0.343. The molecule has 2 aromatic carbocycles. The summed E-state index contributed by atoms with van der Waals surface area (Å²) >= 11 is 0. The van der Waals surface area contributed by atoms with Gasteiger partial charge in [-0.05, 0) is 43.3 Å². The normalized spacial score (nSPS) is 21.9. The Labute approximate surface area is 167 Å². The number of nitrogens with zero attached hydrogens (tertiary/aromatic N) is 2. The van der Waals surface area contributed by atoms with E-state index in [1.165, 1.54) is 5.01 Å². The molecule has 0 spiro atoms. The number of fused-ring (bicyclic) bond motifs is 1. The number of carbonyl (C=O) groups is 3. The lowest BCUT2D eigenvalue weighted by atomic mass is 10.1. The van der Waals surface area contributed by atoms with Crippen LogP contribution < -0.4 is 4.74 Å². The number of hydrazine groups is 1. The van der Waals surface area contributed by atoms with Crippen molar-refractivity contribution < 1.29 is 23.9 Å². The van der Waals surface area contributed by atoms with Gasteiger partial charge in [-0.3, -0.25) is 14.4 Å². The molecule has 2 amide bonds. The Kier molecular flexibility index (Phi) is 4.79. The molecule has 7 heteroatoms. The minimum Gasteiger partial charge on any atom is -0.497 e. The third kappa shape index (κ3) is 3.24. The number of rotatable bonds is 4. The zero-order valence-corrected chi connectivity index (χ0v) is 15.9. The first-order chi connectivity index (χ1) is 14.1. The molecule has 29 heavy (non-hydrogen) atoms. The number of hydrogen-bond donors (Lipinski definition) is 0. The summed E-state index contributed by atoms with van der Waals surface area (Å²) in [6.45, 7) is 1.90. The molecule has 1 unspecified atom stereocenters. The van der Waals surface area contributed by atoms with E-state index in [-0.39, 0.29) is 6.61 Å². The summed E-state index contributed by atoms with van der Waals surface area (Å²) in [7, 11) is 1.58. The highest BCUT2D eigenvalue weighted by Gasteiger charge is 2.61. The van der Waals surface area contributed by atoms with Crippen LogP contribution in [0.15, 0.2) is 48.5 Å². The molecule has 0 bridgehead atoms. The molecule has 2 heterocycles. The summed E-state index contributed by atoms with van der Waals surface area (Å²) in [6.07, 6.45) is 0. The molecule has 2 aliphatic rings. The van der Waals surface area contributed by atoms with Gasteiger partial charge in [-0.1, -0.05) is 24.0 Å². The van der Waals surface area contributed by atoms with Crippen LogP contribution in [0.1, 0.15) is 33.2 Å². The molecule has 7 nitrogen and oxygen atoms in total. The highest BCUT2D eigenvalue weighted by Crippen LogP contribution is 2.36. The molecule has 2 aliphatic heterocycles. The average molecular weight is 390 g/mol. The lowest BCUT2D eigenvalue weighted by Gasteiger charge is -2.15. The van der Waals surface area contributed by atoms with Crippen LogP contribution in [0.4, 0.5) is 0 Å². The van der Waals surface area contributed by atoms with Crippen molar-refractivity contribution in [2.24, 2.45) is 0 Å². The van der Waals surface area contributed by atoms with E-state index in [1.54, 1.807) is 62.6 Å². The Hall–Kier alpha value is -3.63. The first-order valence-electron chi connectivity index (χ1n) is 9.15. The second-order valence-corrected chi connectivity index (χ2v) is 6.49. The van der Waals surface area contributed by atoms with Gasteiger partial charge in [-0.25, -0.2) is 0 Å². The van der Waals surface area contributed by atoms with Gasteiger partial charge in [-0.15, -0.1) is 0 Å². The molecule has 0 radical (unpaired) electrons. The van der Waals surface area contributed by atoms with Gasteiger partial charge in [0, 0.05) is 5.56 Å². The maximum absolute atomic E-state index is 12.8. The maximum atomic E-state index is 12.8. The number of carbonyl (C=O) groups excluding carboxylic acids is 3. The van der Waals surface area contributed by atoms with Crippen LogP contribution in [0.5, 0.6) is 5.75 Å². The Morgan fingerprint density at radius 1 is 1.03 bits per heavy atom. The van der Waals surface area contributed by atoms with E-state index in [2.05, 4.69) is 11.8 Å². The van der Waals surface area contributed by atoms with Crippen LogP contribution in [0.2, 0.25) is 0 Å². The van der Waals surface area contributed by atoms with E-state index >= 15 is 0 Å². The van der Waals surface area contributed by atoms with E-state index in [4.69, 9.17) is 9.47 Å². The third-order valence-electron chi connectivity index (χ3n) is 4.77. The van der Waals surface area contributed by atoms with Crippen LogP contribution in [-0.2, 0) is 9.53 Å². The van der Waals surface area contributed by atoms with Gasteiger partial charge in [0.2, 0.25) is 0 Å². The van der Waals surface area contributed by atoms with E-state index in [9.17, 15) is 14.4 Å². The molecule has 0 saturated carbocycles. The molecule has 3 atom stereocenters. The van der Waals surface area contributed by atoms with E-state index in [0.29, 0.717) is 16.9 Å². The molecular weight excluding hydrogens is 372 g/mol. The second kappa shape index (κ2) is 7.41. The standard InChI is InChI=1S/C22H18N2O5/c1-3-29-22(27)19-18(13-10-14-8-11-15(28-2)12-9-14)23(19)24-20(25)16-6-4-5-7-17(16)21(24)26/h4-9,11-12,18-19H,3H2,1-2H3/t18-,19-,23?/m1/s1. The fraction of sp³-hybridized carbons (Fsp3) is 0.227. The van der Waals surface area contributed by atoms with Crippen LogP contribution >= 0.6 is 0 Å². The van der Waals surface area contributed by atoms with Gasteiger partial charge >= 0.3 is 5.97 Å². The lowest BCUT2D eigenvalue weighted by molar-refractivity contribution is -0.144. The fourth-order valence-electron chi connectivity index (χ4n) is 3.30.